The highest BCUT2D eigenvalue weighted by Gasteiger charge is 2.23. The minimum atomic E-state index is -0.485. The summed E-state index contributed by atoms with van der Waals surface area (Å²) in [5, 5.41) is 14.7. The number of thiazole rings is 1. The van der Waals surface area contributed by atoms with E-state index in [2.05, 4.69) is 10.3 Å². The van der Waals surface area contributed by atoms with Gasteiger partial charge in [0, 0.05) is 66.4 Å². The molecule has 1 amide bonds. The van der Waals surface area contributed by atoms with Gasteiger partial charge in [0.15, 0.2) is 0 Å². The van der Waals surface area contributed by atoms with Gasteiger partial charge >= 0.3 is 0 Å². The number of aromatic nitrogens is 1. The number of amides is 1. The fourth-order valence-corrected chi connectivity index (χ4v) is 4.32. The standard InChI is InChI=1S/C21H19ClN4O3S/c22-17-6-4-15(5-7-17)20-23-18(14-30-20)13-24-8-10-25(11-9-24)21(27)16-2-1-3-19(12-16)26(28)29/h1-7,12,14H,8-11,13H2. The third-order valence-electron chi connectivity index (χ3n) is 4.99. The van der Waals surface area contributed by atoms with E-state index in [0.29, 0.717) is 23.7 Å². The summed E-state index contributed by atoms with van der Waals surface area (Å²) in [6, 6.07) is 13.5. The molecule has 1 saturated heterocycles. The molecule has 1 fully saturated rings. The van der Waals surface area contributed by atoms with Crippen LogP contribution in [0, 0.1) is 10.1 Å². The van der Waals surface area contributed by atoms with Gasteiger partial charge in [0.2, 0.25) is 0 Å². The number of rotatable bonds is 5. The number of carbonyl (C=O) groups excluding carboxylic acids is 1. The van der Waals surface area contributed by atoms with Crippen molar-refractivity contribution in [2.24, 2.45) is 0 Å². The van der Waals surface area contributed by atoms with Crippen LogP contribution in [0.5, 0.6) is 0 Å². The molecule has 0 radical (unpaired) electrons. The summed E-state index contributed by atoms with van der Waals surface area (Å²) < 4.78 is 0. The van der Waals surface area contributed by atoms with Crippen LogP contribution in [-0.2, 0) is 6.54 Å². The van der Waals surface area contributed by atoms with E-state index >= 15 is 0 Å². The quantitative estimate of drug-likeness (QED) is 0.434. The lowest BCUT2D eigenvalue weighted by Gasteiger charge is -2.34. The van der Waals surface area contributed by atoms with E-state index in [1.807, 2.05) is 24.3 Å². The second-order valence-corrected chi connectivity index (χ2v) is 8.32. The zero-order chi connectivity index (χ0) is 21.1. The van der Waals surface area contributed by atoms with Crippen LogP contribution in [0.1, 0.15) is 16.1 Å². The molecule has 1 aliphatic rings. The number of hydrogen-bond donors (Lipinski definition) is 0. The van der Waals surface area contributed by atoms with E-state index in [1.54, 1.807) is 28.4 Å². The third-order valence-corrected chi connectivity index (χ3v) is 6.18. The van der Waals surface area contributed by atoms with Gasteiger partial charge in [-0.1, -0.05) is 29.8 Å². The van der Waals surface area contributed by atoms with Crippen LogP contribution in [0.25, 0.3) is 10.6 Å². The zero-order valence-electron chi connectivity index (χ0n) is 16.0. The van der Waals surface area contributed by atoms with Crippen LogP contribution in [0.3, 0.4) is 0 Å². The van der Waals surface area contributed by atoms with Crippen molar-refractivity contribution in [3.05, 3.63) is 80.3 Å². The molecule has 2 aromatic carbocycles. The Hall–Kier alpha value is -2.81. The van der Waals surface area contributed by atoms with Gasteiger partial charge in [0.1, 0.15) is 5.01 Å². The van der Waals surface area contributed by atoms with E-state index in [4.69, 9.17) is 16.6 Å². The summed E-state index contributed by atoms with van der Waals surface area (Å²) in [5.41, 5.74) is 2.33. The largest absolute Gasteiger partial charge is 0.336 e. The Morgan fingerprint density at radius 2 is 1.87 bits per heavy atom. The second kappa shape index (κ2) is 8.91. The number of hydrogen-bond acceptors (Lipinski definition) is 6. The number of halogens is 1. The Balaban J connectivity index is 1.34. The number of carbonyl (C=O) groups is 1. The number of nitrogens with zero attached hydrogens (tertiary/aromatic N) is 4. The van der Waals surface area contributed by atoms with Gasteiger partial charge in [-0.25, -0.2) is 4.98 Å². The van der Waals surface area contributed by atoms with Gasteiger partial charge in [-0.05, 0) is 18.2 Å². The van der Waals surface area contributed by atoms with Crippen LogP contribution < -0.4 is 0 Å². The summed E-state index contributed by atoms with van der Waals surface area (Å²) in [7, 11) is 0. The summed E-state index contributed by atoms with van der Waals surface area (Å²) in [6.45, 7) is 3.34. The second-order valence-electron chi connectivity index (χ2n) is 7.03. The Kier molecular flexibility index (Phi) is 6.08. The lowest BCUT2D eigenvalue weighted by Crippen LogP contribution is -2.48. The molecule has 9 heteroatoms. The fourth-order valence-electron chi connectivity index (χ4n) is 3.38. The predicted octanol–water partition coefficient (Wildman–Crippen LogP) is 4.33. The number of non-ortho nitro benzene ring substituents is 1. The van der Waals surface area contributed by atoms with E-state index < -0.39 is 4.92 Å². The van der Waals surface area contributed by atoms with Crippen molar-refractivity contribution in [3.8, 4) is 10.6 Å². The number of piperazine rings is 1. The Bertz CT molecular complexity index is 1060. The first-order chi connectivity index (χ1) is 14.5. The van der Waals surface area contributed by atoms with Crippen LogP contribution in [0.15, 0.2) is 53.9 Å². The summed E-state index contributed by atoms with van der Waals surface area (Å²) in [4.78, 5) is 31.9. The first-order valence-electron chi connectivity index (χ1n) is 9.46. The molecule has 0 aliphatic carbocycles. The first kappa shape index (κ1) is 20.5. The van der Waals surface area contributed by atoms with Crippen LogP contribution in [0.2, 0.25) is 5.02 Å². The highest BCUT2D eigenvalue weighted by molar-refractivity contribution is 7.13. The summed E-state index contributed by atoms with van der Waals surface area (Å²) in [5.74, 6) is -0.169. The summed E-state index contributed by atoms with van der Waals surface area (Å²) in [6.07, 6.45) is 0. The third kappa shape index (κ3) is 4.67. The lowest BCUT2D eigenvalue weighted by atomic mass is 10.1. The van der Waals surface area contributed by atoms with Crippen molar-refractivity contribution >= 4 is 34.5 Å². The molecule has 4 rings (SSSR count). The smallest absolute Gasteiger partial charge is 0.270 e. The highest BCUT2D eigenvalue weighted by atomic mass is 35.5. The highest BCUT2D eigenvalue weighted by Crippen LogP contribution is 2.26. The van der Waals surface area contributed by atoms with Gasteiger partial charge in [-0.2, -0.15) is 0 Å². The molecule has 0 atom stereocenters. The summed E-state index contributed by atoms with van der Waals surface area (Å²) >= 11 is 7.55. The normalized spacial score (nSPS) is 14.6. The molecule has 0 saturated carbocycles. The maximum atomic E-state index is 12.7. The molecule has 7 nitrogen and oxygen atoms in total. The Morgan fingerprint density at radius 3 is 2.57 bits per heavy atom. The molecule has 2 heterocycles. The molecule has 0 bridgehead atoms. The minimum Gasteiger partial charge on any atom is -0.336 e. The Labute approximate surface area is 182 Å². The lowest BCUT2D eigenvalue weighted by molar-refractivity contribution is -0.384. The van der Waals surface area contributed by atoms with Crippen molar-refractivity contribution in [1.29, 1.82) is 0 Å². The van der Waals surface area contributed by atoms with Crippen molar-refractivity contribution < 1.29 is 9.72 Å². The molecular formula is C21H19ClN4O3S. The topological polar surface area (TPSA) is 79.6 Å². The zero-order valence-corrected chi connectivity index (χ0v) is 17.6. The van der Waals surface area contributed by atoms with Gasteiger partial charge in [0.05, 0.1) is 10.6 Å². The minimum absolute atomic E-state index is 0.0699. The number of nitro groups is 1. The van der Waals surface area contributed by atoms with Crippen LogP contribution >= 0.6 is 22.9 Å². The van der Waals surface area contributed by atoms with E-state index in [0.717, 1.165) is 35.9 Å². The fraction of sp³-hybridized carbons (Fsp3) is 0.238. The van der Waals surface area contributed by atoms with Crippen molar-refractivity contribution in [2.45, 2.75) is 6.54 Å². The maximum absolute atomic E-state index is 12.7. The molecule has 1 aliphatic heterocycles. The SMILES string of the molecule is O=C(c1cccc([N+](=O)[O-])c1)N1CCN(Cc2csc(-c3ccc(Cl)cc3)n2)CC1. The van der Waals surface area contributed by atoms with Crippen LogP contribution in [0.4, 0.5) is 5.69 Å². The molecule has 154 valence electrons. The van der Waals surface area contributed by atoms with Crippen molar-refractivity contribution in [1.82, 2.24) is 14.8 Å². The molecule has 0 spiro atoms. The van der Waals surface area contributed by atoms with Crippen molar-refractivity contribution in [3.63, 3.8) is 0 Å². The number of benzene rings is 2. The molecule has 0 N–H and O–H groups in total. The van der Waals surface area contributed by atoms with Gasteiger partial charge in [0.25, 0.3) is 11.6 Å². The molecule has 3 aromatic rings. The molecule has 1 aromatic heterocycles. The number of nitro benzene ring substituents is 1. The Morgan fingerprint density at radius 1 is 1.13 bits per heavy atom. The van der Waals surface area contributed by atoms with Gasteiger partial charge in [-0.15, -0.1) is 11.3 Å². The van der Waals surface area contributed by atoms with Gasteiger partial charge in [-0.3, -0.25) is 19.8 Å². The van der Waals surface area contributed by atoms with E-state index in [9.17, 15) is 14.9 Å². The van der Waals surface area contributed by atoms with E-state index in [1.165, 1.54) is 12.1 Å². The van der Waals surface area contributed by atoms with E-state index in [-0.39, 0.29) is 11.6 Å². The monoisotopic (exact) mass is 442 g/mol. The predicted molar refractivity (Wildman–Crippen MR) is 117 cm³/mol. The average molecular weight is 443 g/mol. The molecule has 0 unspecified atom stereocenters. The average Bonchev–Trinajstić information content (AvgIpc) is 3.23. The molecular weight excluding hydrogens is 424 g/mol. The van der Waals surface area contributed by atoms with Gasteiger partial charge < -0.3 is 4.90 Å². The maximum Gasteiger partial charge on any atom is 0.270 e. The van der Waals surface area contributed by atoms with Crippen molar-refractivity contribution in [2.75, 3.05) is 26.2 Å². The first-order valence-corrected chi connectivity index (χ1v) is 10.7. The van der Waals surface area contributed by atoms with Crippen LogP contribution in [-0.4, -0.2) is 51.8 Å². The molecule has 30 heavy (non-hydrogen) atoms.